The van der Waals surface area contributed by atoms with Gasteiger partial charge in [0.15, 0.2) is 5.82 Å². The minimum absolute atomic E-state index is 0.604. The Morgan fingerprint density at radius 2 is 0.941 bits per heavy atom. The lowest BCUT2D eigenvalue weighted by Gasteiger charge is -2.12. The van der Waals surface area contributed by atoms with Crippen LogP contribution in [-0.2, 0) is 0 Å². The third-order valence-electron chi connectivity index (χ3n) is 9.32. The van der Waals surface area contributed by atoms with E-state index in [9.17, 15) is 5.26 Å². The van der Waals surface area contributed by atoms with Crippen molar-refractivity contribution < 1.29 is 4.42 Å². The van der Waals surface area contributed by atoms with Gasteiger partial charge in [0.25, 0.3) is 0 Å². The topological polar surface area (TPSA) is 62.7 Å². The molecule has 9 aromatic rings. The number of aromatic nitrogens is 2. The quantitative estimate of drug-likeness (QED) is 0.179. The second kappa shape index (κ2) is 12.7. The van der Waals surface area contributed by atoms with Crippen LogP contribution in [0.25, 0.3) is 89.2 Å². The van der Waals surface area contributed by atoms with E-state index < -0.39 is 0 Å². The molecule has 0 bridgehead atoms. The molecule has 0 fully saturated rings. The number of furan rings is 1. The fourth-order valence-electron chi connectivity index (χ4n) is 6.77. The van der Waals surface area contributed by atoms with Crippen molar-refractivity contribution in [1.29, 1.82) is 5.26 Å². The molecule has 2 aromatic heterocycles. The molecule has 0 spiro atoms. The lowest BCUT2D eigenvalue weighted by Crippen LogP contribution is -1.96. The van der Waals surface area contributed by atoms with E-state index in [1.807, 2.05) is 72.8 Å². The van der Waals surface area contributed by atoms with Crippen LogP contribution >= 0.6 is 0 Å². The molecule has 0 saturated carbocycles. The third kappa shape index (κ3) is 5.73. The summed E-state index contributed by atoms with van der Waals surface area (Å²) in [5.41, 5.74) is 13.4. The van der Waals surface area contributed by atoms with Crippen LogP contribution in [0.5, 0.6) is 0 Å². The van der Waals surface area contributed by atoms with E-state index >= 15 is 0 Å². The lowest BCUT2D eigenvalue weighted by molar-refractivity contribution is 0.669. The lowest BCUT2D eigenvalue weighted by atomic mass is 9.92. The Labute approximate surface area is 295 Å². The highest BCUT2D eigenvalue weighted by Gasteiger charge is 2.18. The number of hydrogen-bond acceptors (Lipinski definition) is 4. The van der Waals surface area contributed by atoms with Crippen LogP contribution in [0.15, 0.2) is 180 Å². The summed E-state index contributed by atoms with van der Waals surface area (Å²) in [5.74, 6) is 0.604. The second-order valence-electron chi connectivity index (χ2n) is 12.5. The molecular formula is C47H29N3O. The van der Waals surface area contributed by atoms with E-state index in [4.69, 9.17) is 14.4 Å². The first-order chi connectivity index (χ1) is 25.2. The van der Waals surface area contributed by atoms with Crippen molar-refractivity contribution in [3.8, 4) is 73.4 Å². The van der Waals surface area contributed by atoms with E-state index in [-0.39, 0.29) is 0 Å². The van der Waals surface area contributed by atoms with E-state index in [0.717, 1.165) is 72.3 Å². The van der Waals surface area contributed by atoms with Crippen LogP contribution in [-0.4, -0.2) is 9.97 Å². The number of fused-ring (bicyclic) bond motifs is 3. The zero-order valence-electron chi connectivity index (χ0n) is 27.5. The highest BCUT2D eigenvalue weighted by molar-refractivity contribution is 6.13. The first kappa shape index (κ1) is 30.0. The molecule has 0 aliphatic heterocycles. The summed E-state index contributed by atoms with van der Waals surface area (Å²) in [4.78, 5) is 10.3. The van der Waals surface area contributed by atoms with Crippen LogP contribution in [0.1, 0.15) is 5.56 Å². The molecule has 0 N–H and O–H groups in total. The highest BCUT2D eigenvalue weighted by atomic mass is 16.3. The van der Waals surface area contributed by atoms with Crippen LogP contribution < -0.4 is 0 Å². The van der Waals surface area contributed by atoms with Gasteiger partial charge < -0.3 is 4.42 Å². The maximum Gasteiger partial charge on any atom is 0.161 e. The number of nitriles is 1. The van der Waals surface area contributed by atoms with Crippen LogP contribution in [0.4, 0.5) is 0 Å². The van der Waals surface area contributed by atoms with E-state index in [1.165, 1.54) is 11.1 Å². The van der Waals surface area contributed by atoms with Gasteiger partial charge in [-0.25, -0.2) is 9.97 Å². The van der Waals surface area contributed by atoms with Gasteiger partial charge >= 0.3 is 0 Å². The van der Waals surface area contributed by atoms with Crippen LogP contribution in [0.3, 0.4) is 0 Å². The van der Waals surface area contributed by atoms with Crippen molar-refractivity contribution in [2.75, 3.05) is 0 Å². The van der Waals surface area contributed by atoms with E-state index in [1.54, 1.807) is 0 Å². The van der Waals surface area contributed by atoms with Gasteiger partial charge in [-0.1, -0.05) is 121 Å². The van der Waals surface area contributed by atoms with Gasteiger partial charge in [0.2, 0.25) is 0 Å². The Balaban J connectivity index is 1.24. The molecule has 0 aliphatic carbocycles. The molecule has 0 amide bonds. The minimum Gasteiger partial charge on any atom is -0.456 e. The smallest absolute Gasteiger partial charge is 0.161 e. The fraction of sp³-hybridized carbons (Fsp3) is 0. The molecule has 9 rings (SSSR count). The summed E-state index contributed by atoms with van der Waals surface area (Å²) in [5, 5.41) is 11.4. The Bertz CT molecular complexity index is 2670. The van der Waals surface area contributed by atoms with Crippen molar-refractivity contribution in [3.05, 3.63) is 181 Å². The molecule has 238 valence electrons. The van der Waals surface area contributed by atoms with Gasteiger partial charge in [0, 0.05) is 27.5 Å². The maximum atomic E-state index is 9.39. The van der Waals surface area contributed by atoms with Gasteiger partial charge in [0.1, 0.15) is 11.2 Å². The monoisotopic (exact) mass is 651 g/mol. The maximum absolute atomic E-state index is 9.39. The van der Waals surface area contributed by atoms with Gasteiger partial charge in [0.05, 0.1) is 23.0 Å². The van der Waals surface area contributed by atoms with Crippen LogP contribution in [0, 0.1) is 11.3 Å². The Morgan fingerprint density at radius 3 is 1.53 bits per heavy atom. The molecule has 51 heavy (non-hydrogen) atoms. The summed E-state index contributed by atoms with van der Waals surface area (Å²) in [7, 11) is 0. The molecule has 0 unspecified atom stereocenters. The number of rotatable bonds is 6. The minimum atomic E-state index is 0.604. The van der Waals surface area contributed by atoms with E-state index in [0.29, 0.717) is 11.4 Å². The molecule has 7 aromatic carbocycles. The summed E-state index contributed by atoms with van der Waals surface area (Å²) in [6.45, 7) is 0. The Kier molecular flexibility index (Phi) is 7.50. The van der Waals surface area contributed by atoms with Crippen molar-refractivity contribution >= 4 is 21.9 Å². The number of nitrogens with zero attached hydrogens (tertiary/aromatic N) is 3. The predicted octanol–water partition coefficient (Wildman–Crippen LogP) is 12.2. The molecule has 4 heteroatoms. The number of benzene rings is 7. The van der Waals surface area contributed by atoms with Crippen molar-refractivity contribution in [1.82, 2.24) is 9.97 Å². The van der Waals surface area contributed by atoms with Gasteiger partial charge in [-0.2, -0.15) is 5.26 Å². The zero-order chi connectivity index (χ0) is 34.1. The first-order valence-corrected chi connectivity index (χ1v) is 16.9. The summed E-state index contributed by atoms with van der Waals surface area (Å²) in [6, 6.07) is 62.2. The van der Waals surface area contributed by atoms with Crippen molar-refractivity contribution in [2.45, 2.75) is 0 Å². The molecule has 0 atom stereocenters. The molecule has 0 radical (unpaired) electrons. The molecule has 0 aliphatic rings. The molecule has 2 heterocycles. The van der Waals surface area contributed by atoms with Gasteiger partial charge in [-0.15, -0.1) is 0 Å². The molecule has 0 saturated heterocycles. The molecule has 4 nitrogen and oxygen atoms in total. The Hall–Kier alpha value is -7.09. The van der Waals surface area contributed by atoms with Gasteiger partial charge in [-0.05, 0) is 88.0 Å². The SMILES string of the molecule is N#Cc1ccc(-c2cc(-c3ccccc3)nc(-c3cccc4oc5ccc(-c6cc(-c7ccccc7)cc(-c7ccccc7)c6)cc5c34)n2)cc1. The average molecular weight is 652 g/mol. The zero-order valence-corrected chi connectivity index (χ0v) is 27.5. The summed E-state index contributed by atoms with van der Waals surface area (Å²) < 4.78 is 6.46. The highest BCUT2D eigenvalue weighted by Crippen LogP contribution is 2.40. The van der Waals surface area contributed by atoms with Crippen molar-refractivity contribution in [2.24, 2.45) is 0 Å². The van der Waals surface area contributed by atoms with Crippen LogP contribution in [0.2, 0.25) is 0 Å². The average Bonchev–Trinajstić information content (AvgIpc) is 3.60. The fourth-order valence-corrected chi connectivity index (χ4v) is 6.77. The second-order valence-corrected chi connectivity index (χ2v) is 12.5. The summed E-state index contributed by atoms with van der Waals surface area (Å²) >= 11 is 0. The standard InChI is InChI=1S/C47H29N3O/c48-30-31-19-21-35(22-20-31)43-29-42(34-15-8-3-9-16-34)49-47(50-43)40-17-10-18-45-46(40)41-28-36(23-24-44(41)51-45)39-26-37(32-11-4-1-5-12-32)25-38(27-39)33-13-6-2-7-14-33/h1-29H. The Morgan fingerprint density at radius 1 is 0.412 bits per heavy atom. The number of hydrogen-bond donors (Lipinski definition) is 0. The van der Waals surface area contributed by atoms with Gasteiger partial charge in [-0.3, -0.25) is 0 Å². The molecular weight excluding hydrogens is 623 g/mol. The predicted molar refractivity (Wildman–Crippen MR) is 207 cm³/mol. The normalized spacial score (nSPS) is 11.1. The first-order valence-electron chi connectivity index (χ1n) is 16.9. The van der Waals surface area contributed by atoms with E-state index in [2.05, 4.69) is 109 Å². The summed E-state index contributed by atoms with van der Waals surface area (Å²) in [6.07, 6.45) is 0. The largest absolute Gasteiger partial charge is 0.456 e. The van der Waals surface area contributed by atoms with Crippen molar-refractivity contribution in [3.63, 3.8) is 0 Å². The third-order valence-corrected chi connectivity index (χ3v) is 9.32.